The molecular weight excluding hydrogens is 555 g/mol. The predicted octanol–water partition coefficient (Wildman–Crippen LogP) is 6.12. The number of benzene rings is 3. The molecule has 0 unspecified atom stereocenters. The van der Waals surface area contributed by atoms with Crippen molar-refractivity contribution < 1.29 is 18.8 Å². The third-order valence-electron chi connectivity index (χ3n) is 8.28. The summed E-state index contributed by atoms with van der Waals surface area (Å²) >= 11 is 0. The van der Waals surface area contributed by atoms with E-state index >= 15 is 0 Å². The molecule has 1 heterocycles. The number of hydrogen-bond donors (Lipinski definition) is 3. The van der Waals surface area contributed by atoms with Crippen LogP contribution < -0.4 is 16.4 Å². The molecule has 0 spiro atoms. The summed E-state index contributed by atoms with van der Waals surface area (Å²) < 4.78 is 13.3. The molecule has 1 fully saturated rings. The summed E-state index contributed by atoms with van der Waals surface area (Å²) in [6.45, 7) is 8.74. The van der Waals surface area contributed by atoms with Crippen LogP contribution >= 0.6 is 0 Å². The van der Waals surface area contributed by atoms with Crippen molar-refractivity contribution in [3.63, 3.8) is 0 Å². The maximum atomic E-state index is 13.7. The van der Waals surface area contributed by atoms with Crippen molar-refractivity contribution in [3.8, 4) is 0 Å². The molecular formula is C36H45FN4O3. The molecule has 7 nitrogen and oxygen atoms in total. The molecule has 1 aliphatic heterocycles. The molecule has 4 rings (SSSR count). The number of nitrogens with two attached hydrogens (primary N) is 1. The van der Waals surface area contributed by atoms with Gasteiger partial charge in [0.1, 0.15) is 5.82 Å². The summed E-state index contributed by atoms with van der Waals surface area (Å²) in [4.78, 5) is 42.1. The zero-order valence-corrected chi connectivity index (χ0v) is 26.2. The minimum absolute atomic E-state index is 0.0376. The quantitative estimate of drug-likeness (QED) is 0.233. The Kier molecular flexibility index (Phi) is 11.3. The van der Waals surface area contributed by atoms with E-state index in [1.54, 1.807) is 19.1 Å². The van der Waals surface area contributed by atoms with Crippen molar-refractivity contribution in [2.45, 2.75) is 77.9 Å². The van der Waals surface area contributed by atoms with E-state index in [0.717, 1.165) is 36.9 Å². The SMILES string of the molecule is Cc1cc(C(=O)N[C@@H](Cc2ccccc2)[C@@H](N)C[C@@H](C)C(=O)Nc2ccc(F)cc2)cc(C(=O)N2CCC[C@@H]2CC(C)C)c1. The van der Waals surface area contributed by atoms with Crippen molar-refractivity contribution in [1.29, 1.82) is 0 Å². The third-order valence-corrected chi connectivity index (χ3v) is 8.28. The smallest absolute Gasteiger partial charge is 0.254 e. The van der Waals surface area contributed by atoms with Crippen molar-refractivity contribution in [2.75, 3.05) is 11.9 Å². The largest absolute Gasteiger partial charge is 0.347 e. The Hall–Kier alpha value is -4.04. The fraction of sp³-hybridized carbons (Fsp3) is 0.417. The number of carbonyl (C=O) groups excluding carboxylic acids is 3. The van der Waals surface area contributed by atoms with Gasteiger partial charge < -0.3 is 21.3 Å². The molecule has 1 aliphatic rings. The van der Waals surface area contributed by atoms with E-state index in [1.807, 2.05) is 48.2 Å². The summed E-state index contributed by atoms with van der Waals surface area (Å²) in [6.07, 6.45) is 3.74. The molecule has 3 aromatic rings. The average molecular weight is 601 g/mol. The number of anilines is 1. The van der Waals surface area contributed by atoms with Gasteiger partial charge in [0.2, 0.25) is 5.91 Å². The topological polar surface area (TPSA) is 105 Å². The van der Waals surface area contributed by atoms with Crippen molar-refractivity contribution in [2.24, 2.45) is 17.6 Å². The molecule has 234 valence electrons. The van der Waals surface area contributed by atoms with Gasteiger partial charge in [-0.3, -0.25) is 14.4 Å². The Morgan fingerprint density at radius 1 is 0.977 bits per heavy atom. The molecule has 0 aromatic heterocycles. The number of halogens is 1. The first-order valence-corrected chi connectivity index (χ1v) is 15.6. The van der Waals surface area contributed by atoms with Crippen LogP contribution in [-0.4, -0.2) is 47.3 Å². The van der Waals surface area contributed by atoms with Crippen molar-refractivity contribution >= 4 is 23.4 Å². The lowest BCUT2D eigenvalue weighted by molar-refractivity contribution is -0.119. The summed E-state index contributed by atoms with van der Waals surface area (Å²) in [6, 6.07) is 19.8. The number of amides is 3. The Balaban J connectivity index is 1.49. The molecule has 1 saturated heterocycles. The molecule has 44 heavy (non-hydrogen) atoms. The average Bonchev–Trinajstić information content (AvgIpc) is 3.45. The first kappa shape index (κ1) is 32.9. The number of hydrogen-bond acceptors (Lipinski definition) is 4. The number of nitrogens with zero attached hydrogens (tertiary/aromatic N) is 1. The highest BCUT2D eigenvalue weighted by Crippen LogP contribution is 2.26. The van der Waals surface area contributed by atoms with Gasteiger partial charge in [-0.1, -0.05) is 51.1 Å². The Morgan fingerprint density at radius 3 is 2.34 bits per heavy atom. The zero-order valence-electron chi connectivity index (χ0n) is 26.2. The number of aryl methyl sites for hydroxylation is 1. The van der Waals surface area contributed by atoms with Crippen LogP contribution in [0.2, 0.25) is 0 Å². The van der Waals surface area contributed by atoms with E-state index in [-0.39, 0.29) is 29.6 Å². The Bertz CT molecular complexity index is 1430. The number of likely N-dealkylation sites (tertiary alicyclic amines) is 1. The van der Waals surface area contributed by atoms with Gasteiger partial charge in [-0.25, -0.2) is 4.39 Å². The normalized spacial score (nSPS) is 16.8. The first-order chi connectivity index (χ1) is 21.0. The highest BCUT2D eigenvalue weighted by atomic mass is 19.1. The molecule has 4 N–H and O–H groups in total. The van der Waals surface area contributed by atoms with E-state index < -0.39 is 18.0 Å². The Morgan fingerprint density at radius 2 is 1.66 bits per heavy atom. The fourth-order valence-corrected chi connectivity index (χ4v) is 6.00. The van der Waals surface area contributed by atoms with Crippen molar-refractivity contribution in [3.05, 3.63) is 101 Å². The van der Waals surface area contributed by atoms with Crippen LogP contribution in [0.3, 0.4) is 0 Å². The second-order valence-electron chi connectivity index (χ2n) is 12.6. The minimum Gasteiger partial charge on any atom is -0.347 e. The number of rotatable bonds is 12. The summed E-state index contributed by atoms with van der Waals surface area (Å²) in [5.74, 6) is -0.945. The van der Waals surface area contributed by atoms with Gasteiger partial charge in [-0.15, -0.1) is 0 Å². The van der Waals surface area contributed by atoms with E-state index in [1.165, 1.54) is 24.3 Å². The van der Waals surface area contributed by atoms with Crippen LogP contribution in [0.1, 0.15) is 78.3 Å². The predicted molar refractivity (Wildman–Crippen MR) is 173 cm³/mol. The molecule has 8 heteroatoms. The molecule has 3 amide bonds. The van der Waals surface area contributed by atoms with Gasteiger partial charge in [0, 0.05) is 47.4 Å². The van der Waals surface area contributed by atoms with Crippen LogP contribution in [0.15, 0.2) is 72.8 Å². The van der Waals surface area contributed by atoms with Crippen LogP contribution in [0.5, 0.6) is 0 Å². The third kappa shape index (κ3) is 8.99. The van der Waals surface area contributed by atoms with Gasteiger partial charge in [0.25, 0.3) is 11.8 Å². The highest BCUT2D eigenvalue weighted by Gasteiger charge is 2.31. The minimum atomic E-state index is -0.541. The second kappa shape index (κ2) is 15.1. The van der Waals surface area contributed by atoms with Crippen LogP contribution in [0, 0.1) is 24.6 Å². The van der Waals surface area contributed by atoms with Gasteiger partial charge >= 0.3 is 0 Å². The molecule has 0 bridgehead atoms. The number of nitrogens with one attached hydrogen (secondary N) is 2. The molecule has 3 aromatic carbocycles. The van der Waals surface area contributed by atoms with E-state index in [0.29, 0.717) is 35.6 Å². The van der Waals surface area contributed by atoms with Gasteiger partial charge in [0.05, 0.1) is 0 Å². The maximum absolute atomic E-state index is 13.7. The summed E-state index contributed by atoms with van der Waals surface area (Å²) in [5, 5.41) is 5.92. The fourth-order valence-electron chi connectivity index (χ4n) is 6.00. The highest BCUT2D eigenvalue weighted by molar-refractivity contribution is 6.00. The molecule has 0 radical (unpaired) electrons. The maximum Gasteiger partial charge on any atom is 0.254 e. The zero-order chi connectivity index (χ0) is 31.8. The van der Waals surface area contributed by atoms with E-state index in [4.69, 9.17) is 5.73 Å². The molecule has 0 saturated carbocycles. The van der Waals surface area contributed by atoms with Crippen molar-refractivity contribution in [1.82, 2.24) is 10.2 Å². The molecule has 0 aliphatic carbocycles. The lowest BCUT2D eigenvalue weighted by Gasteiger charge is -2.28. The number of carbonyl (C=O) groups is 3. The van der Waals surface area contributed by atoms with Crippen LogP contribution in [0.25, 0.3) is 0 Å². The van der Waals surface area contributed by atoms with E-state index in [9.17, 15) is 18.8 Å². The van der Waals surface area contributed by atoms with E-state index in [2.05, 4.69) is 24.5 Å². The van der Waals surface area contributed by atoms with Gasteiger partial charge in [-0.2, -0.15) is 0 Å². The van der Waals surface area contributed by atoms with Crippen LogP contribution in [0.4, 0.5) is 10.1 Å². The van der Waals surface area contributed by atoms with Gasteiger partial charge in [-0.05, 0) is 98.5 Å². The summed E-state index contributed by atoms with van der Waals surface area (Å²) in [5.41, 5.74) is 9.93. The lowest BCUT2D eigenvalue weighted by Crippen LogP contribution is -2.50. The summed E-state index contributed by atoms with van der Waals surface area (Å²) in [7, 11) is 0. The Labute approximate surface area is 260 Å². The standard InChI is InChI=1S/C36H45FN4O3/c1-23(2)17-31-11-8-16-41(31)36(44)28-19-24(3)18-27(22-28)35(43)40-33(21-26-9-6-5-7-10-26)32(38)20-25(4)34(42)39-30-14-12-29(37)13-15-30/h5-7,9-10,12-15,18-19,22-23,25,31-33H,8,11,16-17,20-21,38H2,1-4H3,(H,39,42)(H,40,43)/t25-,31-,32+,33+/m1/s1. The second-order valence-corrected chi connectivity index (χ2v) is 12.6. The monoisotopic (exact) mass is 600 g/mol. The molecule has 4 atom stereocenters. The van der Waals surface area contributed by atoms with Crippen LogP contribution in [-0.2, 0) is 11.2 Å². The first-order valence-electron chi connectivity index (χ1n) is 15.6. The van der Waals surface area contributed by atoms with Gasteiger partial charge in [0.15, 0.2) is 0 Å². The lowest BCUT2D eigenvalue weighted by atomic mass is 9.91.